The van der Waals surface area contributed by atoms with Crippen molar-refractivity contribution in [2.45, 2.75) is 6.42 Å². The summed E-state index contributed by atoms with van der Waals surface area (Å²) in [5.74, 6) is -0.493. The molecule has 0 amide bonds. The average molecular weight is 170 g/mol. The van der Waals surface area contributed by atoms with E-state index in [0.717, 1.165) is 0 Å². The zero-order chi connectivity index (χ0) is 8.97. The third kappa shape index (κ3) is 1.59. The smallest absolute Gasteiger partial charge is 0.360 e. The molecule has 0 bridgehead atoms. The van der Waals surface area contributed by atoms with E-state index in [0.29, 0.717) is 18.7 Å². The molecule has 0 radical (unpaired) electrons. The number of H-pyrrole nitrogens is 1. The summed E-state index contributed by atoms with van der Waals surface area (Å²) < 4.78 is 4.48. The Bertz CT molecular complexity index is 270. The highest BCUT2D eigenvalue weighted by molar-refractivity contribution is 5.88. The van der Waals surface area contributed by atoms with E-state index in [2.05, 4.69) is 20.1 Å². The van der Waals surface area contributed by atoms with E-state index in [1.54, 1.807) is 0 Å². The van der Waals surface area contributed by atoms with Gasteiger partial charge in [-0.05, 0) is 6.54 Å². The minimum absolute atomic E-state index is 0.211. The number of rotatable bonds is 3. The molecule has 0 unspecified atom stereocenters. The van der Waals surface area contributed by atoms with E-state index in [9.17, 15) is 4.79 Å². The molecule has 12 heavy (non-hydrogen) atoms. The van der Waals surface area contributed by atoms with E-state index in [4.69, 9.17) is 5.73 Å². The van der Waals surface area contributed by atoms with Crippen molar-refractivity contribution in [3.05, 3.63) is 11.4 Å². The number of hydrogen-bond acceptors (Lipinski definition) is 5. The fourth-order valence-corrected chi connectivity index (χ4v) is 0.824. The Morgan fingerprint density at radius 1 is 1.67 bits per heavy atom. The van der Waals surface area contributed by atoms with Gasteiger partial charge in [-0.3, -0.25) is 0 Å². The number of aromatic amines is 1. The maximum Gasteiger partial charge on any atom is 0.360 e. The molecule has 0 atom stereocenters. The van der Waals surface area contributed by atoms with Gasteiger partial charge in [0.2, 0.25) is 0 Å². The molecule has 0 spiro atoms. The number of carbonyl (C=O) groups is 1. The monoisotopic (exact) mass is 170 g/mol. The van der Waals surface area contributed by atoms with Crippen LogP contribution in [0, 0.1) is 0 Å². The highest BCUT2D eigenvalue weighted by Gasteiger charge is 2.15. The molecule has 6 nitrogen and oxygen atoms in total. The maximum absolute atomic E-state index is 11.0. The van der Waals surface area contributed by atoms with Crippen molar-refractivity contribution < 1.29 is 9.53 Å². The van der Waals surface area contributed by atoms with Crippen LogP contribution in [-0.2, 0) is 11.2 Å². The summed E-state index contributed by atoms with van der Waals surface area (Å²) >= 11 is 0. The molecule has 0 saturated carbocycles. The topological polar surface area (TPSA) is 93.9 Å². The third-order valence-corrected chi connectivity index (χ3v) is 1.38. The van der Waals surface area contributed by atoms with E-state index < -0.39 is 5.97 Å². The highest BCUT2D eigenvalue weighted by Crippen LogP contribution is 2.02. The van der Waals surface area contributed by atoms with Crippen LogP contribution in [0.4, 0.5) is 0 Å². The molecule has 66 valence electrons. The summed E-state index contributed by atoms with van der Waals surface area (Å²) in [5.41, 5.74) is 6.05. The number of methoxy groups -OCH3 is 1. The molecular weight excluding hydrogens is 160 g/mol. The van der Waals surface area contributed by atoms with Gasteiger partial charge in [0.05, 0.1) is 12.8 Å². The average Bonchev–Trinajstić information content (AvgIpc) is 2.52. The van der Waals surface area contributed by atoms with Crippen LogP contribution < -0.4 is 5.73 Å². The first-order chi connectivity index (χ1) is 5.79. The van der Waals surface area contributed by atoms with Crippen molar-refractivity contribution in [2.75, 3.05) is 13.7 Å². The summed E-state index contributed by atoms with van der Waals surface area (Å²) in [4.78, 5) is 11.0. The van der Waals surface area contributed by atoms with Gasteiger partial charge >= 0.3 is 5.97 Å². The number of nitrogens with one attached hydrogen (secondary N) is 1. The van der Waals surface area contributed by atoms with E-state index in [1.165, 1.54) is 7.11 Å². The molecular formula is C6H10N4O2. The first-order valence-electron chi connectivity index (χ1n) is 3.47. The third-order valence-electron chi connectivity index (χ3n) is 1.38. The summed E-state index contributed by atoms with van der Waals surface area (Å²) in [7, 11) is 1.29. The molecule has 0 aliphatic rings. The Labute approximate surface area is 69.1 Å². The molecule has 0 aliphatic heterocycles. The van der Waals surface area contributed by atoms with Crippen molar-refractivity contribution in [2.24, 2.45) is 5.73 Å². The normalized spacial score (nSPS) is 9.83. The van der Waals surface area contributed by atoms with Crippen LogP contribution in [-0.4, -0.2) is 35.0 Å². The highest BCUT2D eigenvalue weighted by atomic mass is 16.5. The van der Waals surface area contributed by atoms with Crippen molar-refractivity contribution in [3.63, 3.8) is 0 Å². The van der Waals surface area contributed by atoms with Gasteiger partial charge in [-0.2, -0.15) is 10.3 Å². The summed E-state index contributed by atoms with van der Waals surface area (Å²) in [6.45, 7) is 0.427. The van der Waals surface area contributed by atoms with Gasteiger partial charge in [-0.1, -0.05) is 0 Å². The lowest BCUT2D eigenvalue weighted by atomic mass is 10.2. The molecule has 1 heterocycles. The Morgan fingerprint density at radius 3 is 3.00 bits per heavy atom. The van der Waals surface area contributed by atoms with Crippen LogP contribution in [0.25, 0.3) is 0 Å². The minimum Gasteiger partial charge on any atom is -0.464 e. The number of aromatic nitrogens is 3. The first-order valence-corrected chi connectivity index (χ1v) is 3.47. The number of esters is 1. The van der Waals surface area contributed by atoms with Crippen molar-refractivity contribution in [3.8, 4) is 0 Å². The summed E-state index contributed by atoms with van der Waals surface area (Å²) in [5, 5.41) is 9.74. The Morgan fingerprint density at radius 2 is 2.42 bits per heavy atom. The molecule has 6 heteroatoms. The van der Waals surface area contributed by atoms with Crippen molar-refractivity contribution in [1.29, 1.82) is 0 Å². The van der Waals surface area contributed by atoms with Crippen molar-refractivity contribution >= 4 is 5.97 Å². The lowest BCUT2D eigenvalue weighted by Crippen LogP contribution is -2.09. The quantitative estimate of drug-likeness (QED) is 0.573. The van der Waals surface area contributed by atoms with E-state index in [-0.39, 0.29) is 5.69 Å². The number of hydrogen-bond donors (Lipinski definition) is 2. The van der Waals surface area contributed by atoms with Crippen LogP contribution in [0.3, 0.4) is 0 Å². The van der Waals surface area contributed by atoms with Crippen LogP contribution in [0.5, 0.6) is 0 Å². The first kappa shape index (κ1) is 8.66. The fourth-order valence-electron chi connectivity index (χ4n) is 0.824. The standard InChI is InChI=1S/C6H10N4O2/c1-12-6(11)5-4(2-3-7)8-10-9-5/h2-3,7H2,1H3,(H,8,9,10). The lowest BCUT2D eigenvalue weighted by molar-refractivity contribution is 0.0592. The number of ether oxygens (including phenoxy) is 1. The molecule has 0 fully saturated rings. The van der Waals surface area contributed by atoms with Crippen LogP contribution in [0.15, 0.2) is 0 Å². The largest absolute Gasteiger partial charge is 0.464 e. The maximum atomic E-state index is 11.0. The van der Waals surface area contributed by atoms with Gasteiger partial charge in [-0.25, -0.2) is 4.79 Å². The zero-order valence-electron chi connectivity index (χ0n) is 6.70. The predicted molar refractivity (Wildman–Crippen MR) is 40.5 cm³/mol. The van der Waals surface area contributed by atoms with Crippen molar-refractivity contribution in [1.82, 2.24) is 15.4 Å². The second-order valence-corrected chi connectivity index (χ2v) is 2.15. The second kappa shape index (κ2) is 3.82. The molecule has 0 aromatic carbocycles. The van der Waals surface area contributed by atoms with E-state index >= 15 is 0 Å². The zero-order valence-corrected chi connectivity index (χ0v) is 6.70. The van der Waals surface area contributed by atoms with Crippen LogP contribution in [0.1, 0.15) is 16.2 Å². The Kier molecular flexibility index (Phi) is 2.76. The summed E-state index contributed by atoms with van der Waals surface area (Å²) in [6, 6.07) is 0. The fraction of sp³-hybridized carbons (Fsp3) is 0.500. The lowest BCUT2D eigenvalue weighted by Gasteiger charge is -1.95. The molecule has 1 aromatic heterocycles. The van der Waals surface area contributed by atoms with Crippen LogP contribution >= 0.6 is 0 Å². The molecule has 0 saturated heterocycles. The number of carbonyl (C=O) groups excluding carboxylic acids is 1. The Balaban J connectivity index is 2.83. The van der Waals surface area contributed by atoms with Crippen LogP contribution in [0.2, 0.25) is 0 Å². The predicted octanol–water partition coefficient (Wildman–Crippen LogP) is -0.907. The number of nitrogens with zero attached hydrogens (tertiary/aromatic N) is 2. The molecule has 1 aromatic rings. The molecule has 0 aliphatic carbocycles. The van der Waals surface area contributed by atoms with Gasteiger partial charge in [0.15, 0.2) is 5.69 Å². The van der Waals surface area contributed by atoms with Gasteiger partial charge in [0, 0.05) is 6.42 Å². The molecule has 3 N–H and O–H groups in total. The van der Waals surface area contributed by atoms with E-state index in [1.807, 2.05) is 0 Å². The van der Waals surface area contributed by atoms with Gasteiger partial charge in [-0.15, -0.1) is 5.10 Å². The molecule has 1 rings (SSSR count). The van der Waals surface area contributed by atoms with Gasteiger partial charge in [0.1, 0.15) is 0 Å². The summed E-state index contributed by atoms with van der Waals surface area (Å²) in [6.07, 6.45) is 0.515. The SMILES string of the molecule is COC(=O)c1n[nH]nc1CCN. The van der Waals surface area contributed by atoms with Gasteiger partial charge < -0.3 is 10.5 Å². The Hall–Kier alpha value is -1.43. The second-order valence-electron chi connectivity index (χ2n) is 2.15. The van der Waals surface area contributed by atoms with Gasteiger partial charge in [0.25, 0.3) is 0 Å². The minimum atomic E-state index is -0.493. The number of nitrogens with two attached hydrogens (primary N) is 1.